The summed E-state index contributed by atoms with van der Waals surface area (Å²) in [6, 6.07) is 6.60. The molecule has 0 saturated carbocycles. The number of hydrogen-bond donors (Lipinski definition) is 2. The van der Waals surface area contributed by atoms with E-state index in [4.69, 9.17) is 27.0 Å². The predicted octanol–water partition coefficient (Wildman–Crippen LogP) is 2.28. The molecule has 3 N–H and O–H groups in total. The number of nitrogens with two attached hydrogens (primary N) is 1. The zero-order chi connectivity index (χ0) is 11.7. The second kappa shape index (κ2) is 3.86. The number of carbonyl (C=O) groups is 1. The fourth-order valence-electron chi connectivity index (χ4n) is 1.34. The van der Waals surface area contributed by atoms with Gasteiger partial charge in [-0.2, -0.15) is 0 Å². The SMILES string of the molecule is Nc1noc(-c2cccc(Cl)c2)c1C(=O)O. The highest BCUT2D eigenvalue weighted by molar-refractivity contribution is 6.30. The van der Waals surface area contributed by atoms with E-state index < -0.39 is 5.97 Å². The van der Waals surface area contributed by atoms with Crippen molar-refractivity contribution in [3.05, 3.63) is 34.9 Å². The van der Waals surface area contributed by atoms with Crippen LogP contribution in [0.4, 0.5) is 5.82 Å². The van der Waals surface area contributed by atoms with E-state index in [1.165, 1.54) is 0 Å². The second-order valence-electron chi connectivity index (χ2n) is 3.09. The molecule has 16 heavy (non-hydrogen) atoms. The van der Waals surface area contributed by atoms with Crippen LogP contribution in [0.1, 0.15) is 10.4 Å². The highest BCUT2D eigenvalue weighted by Gasteiger charge is 2.21. The number of aromatic carboxylic acids is 1. The molecule has 0 aliphatic rings. The van der Waals surface area contributed by atoms with Gasteiger partial charge in [0.25, 0.3) is 0 Å². The maximum Gasteiger partial charge on any atom is 0.343 e. The Morgan fingerprint density at radius 2 is 2.25 bits per heavy atom. The van der Waals surface area contributed by atoms with Gasteiger partial charge in [0.15, 0.2) is 17.1 Å². The predicted molar refractivity (Wildman–Crippen MR) is 58.3 cm³/mol. The van der Waals surface area contributed by atoms with Crippen LogP contribution in [0.3, 0.4) is 0 Å². The average Bonchev–Trinajstić information content (AvgIpc) is 2.60. The van der Waals surface area contributed by atoms with E-state index >= 15 is 0 Å². The molecule has 5 nitrogen and oxygen atoms in total. The van der Waals surface area contributed by atoms with Gasteiger partial charge in [-0.1, -0.05) is 28.9 Å². The average molecular weight is 239 g/mol. The third-order valence-corrected chi connectivity index (χ3v) is 2.25. The Kier molecular flexibility index (Phi) is 2.54. The molecule has 6 heteroatoms. The van der Waals surface area contributed by atoms with Gasteiger partial charge in [0.1, 0.15) is 0 Å². The molecule has 0 unspecified atom stereocenters. The highest BCUT2D eigenvalue weighted by Crippen LogP contribution is 2.29. The lowest BCUT2D eigenvalue weighted by atomic mass is 10.1. The first kappa shape index (κ1) is 10.5. The van der Waals surface area contributed by atoms with E-state index in [1.54, 1.807) is 24.3 Å². The van der Waals surface area contributed by atoms with Crippen molar-refractivity contribution in [2.24, 2.45) is 0 Å². The number of anilines is 1. The number of halogens is 1. The molecule has 0 aliphatic heterocycles. The monoisotopic (exact) mass is 238 g/mol. The van der Waals surface area contributed by atoms with E-state index in [0.29, 0.717) is 10.6 Å². The lowest BCUT2D eigenvalue weighted by molar-refractivity contribution is 0.0698. The van der Waals surface area contributed by atoms with E-state index in [0.717, 1.165) is 0 Å². The van der Waals surface area contributed by atoms with Crippen LogP contribution in [0, 0.1) is 0 Å². The third kappa shape index (κ3) is 1.72. The van der Waals surface area contributed by atoms with Gasteiger partial charge in [0.05, 0.1) is 0 Å². The zero-order valence-corrected chi connectivity index (χ0v) is 8.73. The number of carboxylic acid groups (broad SMARTS) is 1. The van der Waals surface area contributed by atoms with Gasteiger partial charge < -0.3 is 15.4 Å². The fourth-order valence-corrected chi connectivity index (χ4v) is 1.53. The van der Waals surface area contributed by atoms with Gasteiger partial charge in [0, 0.05) is 10.6 Å². The molecule has 0 bridgehead atoms. The summed E-state index contributed by atoms with van der Waals surface area (Å²) in [5.41, 5.74) is 5.77. The largest absolute Gasteiger partial charge is 0.477 e. The number of aromatic nitrogens is 1. The van der Waals surface area contributed by atoms with E-state index in [1.807, 2.05) is 0 Å². The zero-order valence-electron chi connectivity index (χ0n) is 7.98. The standard InChI is InChI=1S/C10H7ClN2O3/c11-6-3-1-2-5(4-6)8-7(10(14)15)9(12)13-16-8/h1-4H,(H2,12,13)(H,14,15). The lowest BCUT2D eigenvalue weighted by Gasteiger charge is -1.98. The normalized spacial score (nSPS) is 10.3. The molecule has 82 valence electrons. The molecule has 1 aromatic carbocycles. The first-order valence-corrected chi connectivity index (χ1v) is 4.72. The minimum Gasteiger partial charge on any atom is -0.477 e. The summed E-state index contributed by atoms with van der Waals surface area (Å²) in [5.74, 6) is -1.23. The first-order chi connectivity index (χ1) is 7.59. The van der Waals surface area contributed by atoms with Gasteiger partial charge in [-0.3, -0.25) is 0 Å². The fraction of sp³-hybridized carbons (Fsp3) is 0. The quantitative estimate of drug-likeness (QED) is 0.838. The van der Waals surface area contributed by atoms with Gasteiger partial charge >= 0.3 is 5.97 Å². The lowest BCUT2D eigenvalue weighted by Crippen LogP contribution is -2.01. The topological polar surface area (TPSA) is 89.4 Å². The summed E-state index contributed by atoms with van der Waals surface area (Å²) >= 11 is 5.79. The number of benzene rings is 1. The summed E-state index contributed by atoms with van der Waals surface area (Å²) in [6.07, 6.45) is 0. The van der Waals surface area contributed by atoms with Gasteiger partial charge in [-0.15, -0.1) is 0 Å². The maximum absolute atomic E-state index is 10.9. The molecule has 2 rings (SSSR count). The van der Waals surface area contributed by atoms with Gasteiger partial charge in [0.2, 0.25) is 0 Å². The molecular weight excluding hydrogens is 232 g/mol. The smallest absolute Gasteiger partial charge is 0.343 e. The Balaban J connectivity index is 2.60. The molecule has 0 amide bonds. The molecule has 0 radical (unpaired) electrons. The van der Waals surface area contributed by atoms with Crippen molar-refractivity contribution in [1.82, 2.24) is 5.16 Å². The van der Waals surface area contributed by atoms with Crippen molar-refractivity contribution in [3.63, 3.8) is 0 Å². The summed E-state index contributed by atoms with van der Waals surface area (Å²) in [5, 5.41) is 12.9. The molecule has 0 saturated heterocycles. The molecule has 2 aromatic rings. The highest BCUT2D eigenvalue weighted by atomic mass is 35.5. The van der Waals surface area contributed by atoms with Gasteiger partial charge in [-0.25, -0.2) is 4.79 Å². The number of carboxylic acids is 1. The minimum atomic E-state index is -1.19. The molecule has 1 heterocycles. The molecule has 0 spiro atoms. The number of nitrogens with zero attached hydrogens (tertiary/aromatic N) is 1. The van der Waals surface area contributed by atoms with Crippen LogP contribution in [0.5, 0.6) is 0 Å². The molecule has 0 fully saturated rings. The van der Waals surface area contributed by atoms with Crippen LogP contribution >= 0.6 is 11.6 Å². The third-order valence-electron chi connectivity index (χ3n) is 2.02. The van der Waals surface area contributed by atoms with Crippen LogP contribution in [0.15, 0.2) is 28.8 Å². The number of rotatable bonds is 2. The van der Waals surface area contributed by atoms with Crippen LogP contribution in [0.2, 0.25) is 5.02 Å². The summed E-state index contributed by atoms with van der Waals surface area (Å²) in [6.45, 7) is 0. The van der Waals surface area contributed by atoms with Gasteiger partial charge in [-0.05, 0) is 12.1 Å². The van der Waals surface area contributed by atoms with Crippen molar-refractivity contribution < 1.29 is 14.4 Å². The summed E-state index contributed by atoms with van der Waals surface area (Å²) < 4.78 is 4.88. The van der Waals surface area contributed by atoms with Crippen LogP contribution in [-0.4, -0.2) is 16.2 Å². The Hall–Kier alpha value is -2.01. The minimum absolute atomic E-state index is 0.104. The summed E-state index contributed by atoms with van der Waals surface area (Å²) in [7, 11) is 0. The van der Waals surface area contributed by atoms with Crippen molar-refractivity contribution in [2.75, 3.05) is 5.73 Å². The van der Waals surface area contributed by atoms with E-state index in [-0.39, 0.29) is 17.1 Å². The maximum atomic E-state index is 10.9. The Labute approximate surface area is 95.4 Å². The number of nitrogen functional groups attached to an aromatic ring is 1. The molecule has 1 aromatic heterocycles. The van der Waals surface area contributed by atoms with Crippen LogP contribution in [-0.2, 0) is 0 Å². The molecule has 0 aliphatic carbocycles. The summed E-state index contributed by atoms with van der Waals surface area (Å²) in [4.78, 5) is 10.9. The van der Waals surface area contributed by atoms with E-state index in [2.05, 4.69) is 5.16 Å². The van der Waals surface area contributed by atoms with E-state index in [9.17, 15) is 4.79 Å². The second-order valence-corrected chi connectivity index (χ2v) is 3.52. The van der Waals surface area contributed by atoms with Crippen LogP contribution in [0.25, 0.3) is 11.3 Å². The first-order valence-electron chi connectivity index (χ1n) is 4.34. The molecular formula is C10H7ClN2O3. The Bertz CT molecular complexity index is 551. The van der Waals surface area contributed by atoms with Crippen molar-refractivity contribution in [1.29, 1.82) is 0 Å². The van der Waals surface area contributed by atoms with Crippen LogP contribution < -0.4 is 5.73 Å². The van der Waals surface area contributed by atoms with Crippen molar-refractivity contribution >= 4 is 23.4 Å². The Morgan fingerprint density at radius 3 is 2.88 bits per heavy atom. The Morgan fingerprint density at radius 1 is 1.50 bits per heavy atom. The van der Waals surface area contributed by atoms with Crippen molar-refractivity contribution in [2.45, 2.75) is 0 Å². The molecule has 0 atom stereocenters. The van der Waals surface area contributed by atoms with Crippen molar-refractivity contribution in [3.8, 4) is 11.3 Å². The number of hydrogen-bond acceptors (Lipinski definition) is 4.